The molecule has 2 rings (SSSR count). The van der Waals surface area contributed by atoms with Crippen LogP contribution in [0.1, 0.15) is 41.5 Å². The van der Waals surface area contributed by atoms with Gasteiger partial charge >= 0.3 is 0 Å². The fourth-order valence-corrected chi connectivity index (χ4v) is 2.69. The molecule has 2 atom stereocenters. The Bertz CT molecular complexity index is 726. The van der Waals surface area contributed by atoms with Crippen LogP contribution in [-0.2, 0) is 9.59 Å². The first-order valence-corrected chi connectivity index (χ1v) is 9.86. The normalized spacial score (nSPS) is 13.2. The van der Waals surface area contributed by atoms with Gasteiger partial charge in [-0.25, -0.2) is 0 Å². The molecule has 0 radical (unpaired) electrons. The van der Waals surface area contributed by atoms with Crippen molar-refractivity contribution in [1.29, 1.82) is 0 Å². The molecule has 1 N–H and O–H groups in total. The molecule has 0 bridgehead atoms. The molecule has 150 valence electrons. The number of allylic oxidation sites excluding steroid dienone is 2. The zero-order valence-electron chi connectivity index (χ0n) is 17.9. The highest BCUT2D eigenvalue weighted by Gasteiger charge is 2.23. The molecule has 2 unspecified atom stereocenters. The number of Topliss-reactive ketones (excluding diaryl/α,β-unsaturated/α-hetero) is 1. The average Bonchev–Trinajstić information content (AvgIpc) is 2.72. The Kier molecular flexibility index (Phi) is 9.94. The van der Waals surface area contributed by atoms with Gasteiger partial charge in [0.05, 0.1) is 5.70 Å². The number of rotatable bonds is 6. The van der Waals surface area contributed by atoms with Crippen LogP contribution in [0.25, 0.3) is 11.1 Å². The summed E-state index contributed by atoms with van der Waals surface area (Å²) in [6, 6.07) is 20.8. The smallest absolute Gasteiger partial charge is 0.227 e. The van der Waals surface area contributed by atoms with Crippen molar-refractivity contribution in [2.45, 2.75) is 41.5 Å². The van der Waals surface area contributed by atoms with Gasteiger partial charge in [-0.1, -0.05) is 94.4 Å². The minimum absolute atomic E-state index is 0.0792. The van der Waals surface area contributed by atoms with Crippen LogP contribution in [0.15, 0.2) is 72.4 Å². The molecule has 3 heteroatoms. The maximum absolute atomic E-state index is 11.9. The highest BCUT2D eigenvalue weighted by molar-refractivity contribution is 5.97. The molecular weight excluding hydrogens is 346 g/mol. The lowest BCUT2D eigenvalue weighted by Gasteiger charge is -2.22. The van der Waals surface area contributed by atoms with Gasteiger partial charge in [0.2, 0.25) is 5.91 Å². The topological polar surface area (TPSA) is 46.2 Å². The lowest BCUT2D eigenvalue weighted by Crippen LogP contribution is -2.35. The zero-order valence-corrected chi connectivity index (χ0v) is 17.9. The van der Waals surface area contributed by atoms with Crippen LogP contribution >= 0.6 is 0 Å². The van der Waals surface area contributed by atoms with Crippen molar-refractivity contribution in [2.75, 3.05) is 0 Å². The summed E-state index contributed by atoms with van der Waals surface area (Å²) in [7, 11) is 0. The second-order valence-electron chi connectivity index (χ2n) is 7.37. The number of ketones is 1. The Morgan fingerprint density at radius 3 is 1.57 bits per heavy atom. The number of amides is 1. The van der Waals surface area contributed by atoms with Crippen LogP contribution in [0.4, 0.5) is 0 Å². The Morgan fingerprint density at radius 1 is 0.821 bits per heavy atom. The molecule has 3 nitrogen and oxygen atoms in total. The van der Waals surface area contributed by atoms with Crippen molar-refractivity contribution in [1.82, 2.24) is 5.32 Å². The van der Waals surface area contributed by atoms with E-state index in [1.165, 1.54) is 18.1 Å². The van der Waals surface area contributed by atoms with Gasteiger partial charge in [0.1, 0.15) is 0 Å². The predicted molar refractivity (Wildman–Crippen MR) is 118 cm³/mol. The van der Waals surface area contributed by atoms with E-state index >= 15 is 0 Å². The summed E-state index contributed by atoms with van der Waals surface area (Å²) in [5.41, 5.74) is 2.93. The summed E-state index contributed by atoms with van der Waals surface area (Å²) in [6.45, 7) is 11.3. The molecule has 0 aliphatic carbocycles. The summed E-state index contributed by atoms with van der Waals surface area (Å²) in [6.07, 6.45) is 1.63. The van der Waals surface area contributed by atoms with Gasteiger partial charge in [0.25, 0.3) is 0 Å². The highest BCUT2D eigenvalue weighted by Crippen LogP contribution is 2.20. The number of hydrogen-bond donors (Lipinski definition) is 1. The van der Waals surface area contributed by atoms with E-state index < -0.39 is 0 Å². The second-order valence-corrected chi connectivity index (χ2v) is 7.37. The maximum atomic E-state index is 11.9. The molecule has 0 aliphatic rings. The average molecular weight is 380 g/mol. The van der Waals surface area contributed by atoms with Crippen molar-refractivity contribution in [3.8, 4) is 11.1 Å². The van der Waals surface area contributed by atoms with E-state index in [0.29, 0.717) is 17.5 Å². The number of carbonyl (C=O) groups is 2. The molecule has 0 spiro atoms. The van der Waals surface area contributed by atoms with E-state index in [1.807, 2.05) is 19.1 Å². The molecule has 0 aliphatic heterocycles. The first-order valence-electron chi connectivity index (χ1n) is 9.86. The molecule has 0 aromatic heterocycles. The summed E-state index contributed by atoms with van der Waals surface area (Å²) in [5, 5.41) is 2.67. The van der Waals surface area contributed by atoms with Gasteiger partial charge in [-0.2, -0.15) is 0 Å². The third-order valence-electron chi connectivity index (χ3n) is 5.06. The Hall–Kier alpha value is -2.68. The van der Waals surface area contributed by atoms with E-state index in [9.17, 15) is 9.59 Å². The molecule has 28 heavy (non-hydrogen) atoms. The summed E-state index contributed by atoms with van der Waals surface area (Å²) in [5.74, 6) is 0.469. The molecular formula is C25H33NO2. The SMILES string of the molecule is C/C=C(/NC(=O)C(C)C(C)C(C)C)C(C)=O.c1ccc(-c2ccccc2)cc1. The number of carbonyl (C=O) groups excluding carboxylic acids is 2. The fourth-order valence-electron chi connectivity index (χ4n) is 2.69. The van der Waals surface area contributed by atoms with E-state index in [0.717, 1.165) is 0 Å². The Morgan fingerprint density at radius 2 is 1.25 bits per heavy atom. The number of benzene rings is 2. The van der Waals surface area contributed by atoms with Gasteiger partial charge in [-0.15, -0.1) is 0 Å². The summed E-state index contributed by atoms with van der Waals surface area (Å²) < 4.78 is 0. The van der Waals surface area contributed by atoms with E-state index in [2.05, 4.69) is 74.6 Å². The lowest BCUT2D eigenvalue weighted by molar-refractivity contribution is -0.127. The molecule has 0 saturated heterocycles. The molecule has 2 aromatic rings. The van der Waals surface area contributed by atoms with Crippen molar-refractivity contribution in [3.05, 3.63) is 72.4 Å². The first-order chi connectivity index (χ1) is 13.3. The van der Waals surface area contributed by atoms with Crippen LogP contribution in [0.3, 0.4) is 0 Å². The van der Waals surface area contributed by atoms with Crippen molar-refractivity contribution >= 4 is 11.7 Å². The van der Waals surface area contributed by atoms with Crippen LogP contribution in [0, 0.1) is 17.8 Å². The van der Waals surface area contributed by atoms with Crippen LogP contribution < -0.4 is 5.32 Å². The molecule has 0 saturated carbocycles. The predicted octanol–water partition coefficient (Wildman–Crippen LogP) is 5.88. The Balaban J connectivity index is 0.000000289. The second kappa shape index (κ2) is 11.9. The standard InChI is InChI=1S/C13H23NO2.C12H10/c1-7-12(11(6)15)14-13(16)10(5)9(4)8(2)3;1-3-7-11(8-4-1)12-9-5-2-6-10-12/h7-10H,1-6H3,(H,14,16);1-10H/b12-7+;. The number of hydrogen-bond acceptors (Lipinski definition) is 2. The zero-order chi connectivity index (χ0) is 21.1. The largest absolute Gasteiger partial charge is 0.323 e. The van der Waals surface area contributed by atoms with Gasteiger partial charge in [0, 0.05) is 12.8 Å². The molecule has 1 amide bonds. The van der Waals surface area contributed by atoms with E-state index in [1.54, 1.807) is 13.0 Å². The minimum atomic E-state index is -0.111. The first kappa shape index (κ1) is 23.4. The van der Waals surface area contributed by atoms with Gasteiger partial charge in [0.15, 0.2) is 5.78 Å². The third kappa shape index (κ3) is 7.51. The van der Waals surface area contributed by atoms with E-state index in [-0.39, 0.29) is 17.6 Å². The van der Waals surface area contributed by atoms with E-state index in [4.69, 9.17) is 0 Å². The van der Waals surface area contributed by atoms with Crippen molar-refractivity contribution < 1.29 is 9.59 Å². The summed E-state index contributed by atoms with van der Waals surface area (Å²) >= 11 is 0. The molecule has 2 aromatic carbocycles. The monoisotopic (exact) mass is 379 g/mol. The summed E-state index contributed by atoms with van der Waals surface area (Å²) in [4.78, 5) is 23.0. The highest BCUT2D eigenvalue weighted by atomic mass is 16.2. The third-order valence-corrected chi connectivity index (χ3v) is 5.06. The minimum Gasteiger partial charge on any atom is -0.323 e. The van der Waals surface area contributed by atoms with Gasteiger partial charge in [-0.05, 0) is 29.9 Å². The molecule has 0 fully saturated rings. The van der Waals surface area contributed by atoms with Crippen LogP contribution in [0.5, 0.6) is 0 Å². The molecule has 0 heterocycles. The lowest BCUT2D eigenvalue weighted by atomic mass is 9.85. The van der Waals surface area contributed by atoms with Crippen molar-refractivity contribution in [3.63, 3.8) is 0 Å². The number of nitrogens with one attached hydrogen (secondary N) is 1. The van der Waals surface area contributed by atoms with Crippen LogP contribution in [-0.4, -0.2) is 11.7 Å². The Labute approximate surface area is 169 Å². The van der Waals surface area contributed by atoms with Crippen LogP contribution in [0.2, 0.25) is 0 Å². The fraction of sp³-hybridized carbons (Fsp3) is 0.360. The van der Waals surface area contributed by atoms with Crippen molar-refractivity contribution in [2.24, 2.45) is 17.8 Å². The quantitative estimate of drug-likeness (QED) is 0.637. The maximum Gasteiger partial charge on any atom is 0.227 e. The van der Waals surface area contributed by atoms with Gasteiger partial charge in [-0.3, -0.25) is 9.59 Å². The van der Waals surface area contributed by atoms with Gasteiger partial charge < -0.3 is 5.32 Å².